The number of sulfonamides is 1. The van der Waals surface area contributed by atoms with Gasteiger partial charge in [0, 0.05) is 10.5 Å². The molecule has 1 aromatic rings. The van der Waals surface area contributed by atoms with Gasteiger partial charge in [-0.1, -0.05) is 0 Å². The van der Waals surface area contributed by atoms with Gasteiger partial charge in [-0.05, 0) is 59.8 Å². The molecule has 0 atom stereocenters. The normalized spacial score (nSPS) is 24.4. The van der Waals surface area contributed by atoms with Gasteiger partial charge in [0.05, 0.1) is 11.0 Å². The first-order valence-corrected chi connectivity index (χ1v) is 8.31. The lowest BCUT2D eigenvalue weighted by molar-refractivity contribution is 0.120. The smallest absolute Gasteiger partial charge is 0.241 e. The molecule has 0 saturated heterocycles. The van der Waals surface area contributed by atoms with Crippen LogP contribution in [0.1, 0.15) is 25.7 Å². The van der Waals surface area contributed by atoms with Gasteiger partial charge in [-0.3, -0.25) is 0 Å². The van der Waals surface area contributed by atoms with Crippen molar-refractivity contribution >= 4 is 26.0 Å². The number of halogens is 2. The highest BCUT2D eigenvalue weighted by Crippen LogP contribution is 2.25. The highest BCUT2D eigenvalue weighted by atomic mass is 79.9. The third-order valence-electron chi connectivity index (χ3n) is 3.20. The van der Waals surface area contributed by atoms with E-state index >= 15 is 0 Å². The molecule has 1 aromatic carbocycles. The Balaban J connectivity index is 2.14. The van der Waals surface area contributed by atoms with Gasteiger partial charge < -0.3 is 5.11 Å². The lowest BCUT2D eigenvalue weighted by atomic mass is 9.94. The topological polar surface area (TPSA) is 66.4 Å². The molecule has 0 radical (unpaired) electrons. The molecule has 0 unspecified atom stereocenters. The molecule has 0 heterocycles. The Labute approximate surface area is 120 Å². The first-order valence-electron chi connectivity index (χ1n) is 6.04. The molecule has 2 N–H and O–H groups in total. The molecular formula is C12H15BrFNO3S. The van der Waals surface area contributed by atoms with E-state index in [0.29, 0.717) is 25.7 Å². The monoisotopic (exact) mass is 351 g/mol. The Morgan fingerprint density at radius 3 is 2.47 bits per heavy atom. The molecule has 0 spiro atoms. The predicted molar refractivity (Wildman–Crippen MR) is 72.7 cm³/mol. The first kappa shape index (κ1) is 14.9. The Morgan fingerprint density at radius 2 is 1.89 bits per heavy atom. The zero-order chi connectivity index (χ0) is 14.0. The fraction of sp³-hybridized carbons (Fsp3) is 0.500. The van der Waals surface area contributed by atoms with Crippen LogP contribution in [0.25, 0.3) is 0 Å². The second kappa shape index (κ2) is 5.87. The maximum absolute atomic E-state index is 13.0. The number of aliphatic hydroxyl groups excluding tert-OH is 1. The van der Waals surface area contributed by atoms with Crippen molar-refractivity contribution in [3.8, 4) is 0 Å². The SMILES string of the molecule is O=S(=O)(NC1CCC(O)CC1)c1ccc(F)cc1Br. The van der Waals surface area contributed by atoms with E-state index in [9.17, 15) is 17.9 Å². The standard InChI is InChI=1S/C12H15BrFNO3S/c13-11-7-8(14)1-6-12(11)19(17,18)15-9-2-4-10(16)5-3-9/h1,6-7,9-10,15-16H,2-5H2. The average Bonchev–Trinajstić information content (AvgIpc) is 2.31. The summed E-state index contributed by atoms with van der Waals surface area (Å²) in [4.78, 5) is 0.0278. The third kappa shape index (κ3) is 3.75. The van der Waals surface area contributed by atoms with Crippen molar-refractivity contribution in [1.82, 2.24) is 4.72 Å². The molecule has 0 aliphatic heterocycles. The number of rotatable bonds is 3. The molecule has 0 aromatic heterocycles. The van der Waals surface area contributed by atoms with Crippen molar-refractivity contribution in [3.63, 3.8) is 0 Å². The van der Waals surface area contributed by atoms with Gasteiger partial charge in [0.1, 0.15) is 5.82 Å². The Kier molecular flexibility index (Phi) is 4.60. The van der Waals surface area contributed by atoms with Crippen molar-refractivity contribution in [1.29, 1.82) is 0 Å². The van der Waals surface area contributed by atoms with Crippen molar-refractivity contribution in [2.75, 3.05) is 0 Å². The van der Waals surface area contributed by atoms with Gasteiger partial charge >= 0.3 is 0 Å². The molecule has 106 valence electrons. The Bertz CT molecular complexity index is 556. The number of aliphatic hydroxyl groups is 1. The van der Waals surface area contributed by atoms with Crippen LogP contribution in [0.4, 0.5) is 4.39 Å². The van der Waals surface area contributed by atoms with E-state index in [0.717, 1.165) is 12.1 Å². The van der Waals surface area contributed by atoms with Crippen LogP contribution in [0.15, 0.2) is 27.6 Å². The maximum Gasteiger partial charge on any atom is 0.241 e. The quantitative estimate of drug-likeness (QED) is 0.876. The van der Waals surface area contributed by atoms with Crippen LogP contribution in [0, 0.1) is 5.82 Å². The van der Waals surface area contributed by atoms with E-state index in [-0.39, 0.29) is 21.5 Å². The summed E-state index contributed by atoms with van der Waals surface area (Å²) < 4.78 is 40.1. The van der Waals surface area contributed by atoms with E-state index < -0.39 is 15.8 Å². The van der Waals surface area contributed by atoms with Gasteiger partial charge in [0.25, 0.3) is 0 Å². The zero-order valence-corrected chi connectivity index (χ0v) is 12.5. The van der Waals surface area contributed by atoms with Crippen LogP contribution in [0.2, 0.25) is 0 Å². The van der Waals surface area contributed by atoms with Crippen LogP contribution in [0.5, 0.6) is 0 Å². The molecule has 19 heavy (non-hydrogen) atoms. The van der Waals surface area contributed by atoms with Gasteiger partial charge in [-0.25, -0.2) is 17.5 Å². The van der Waals surface area contributed by atoms with Crippen LogP contribution in [-0.2, 0) is 10.0 Å². The maximum atomic E-state index is 13.0. The van der Waals surface area contributed by atoms with E-state index in [4.69, 9.17) is 0 Å². The number of hydrogen-bond donors (Lipinski definition) is 2. The summed E-state index contributed by atoms with van der Waals surface area (Å²) in [5.41, 5.74) is 0. The molecule has 0 bridgehead atoms. The fourth-order valence-corrected chi connectivity index (χ4v) is 4.52. The molecule has 2 rings (SSSR count). The van der Waals surface area contributed by atoms with Crippen molar-refractivity contribution in [3.05, 3.63) is 28.5 Å². The van der Waals surface area contributed by atoms with Crippen molar-refractivity contribution in [2.45, 2.75) is 42.7 Å². The minimum absolute atomic E-state index is 0.0278. The minimum Gasteiger partial charge on any atom is -0.393 e. The minimum atomic E-state index is -3.67. The van der Waals surface area contributed by atoms with Crippen molar-refractivity contribution < 1.29 is 17.9 Å². The van der Waals surface area contributed by atoms with E-state index in [2.05, 4.69) is 20.7 Å². The van der Waals surface area contributed by atoms with Gasteiger partial charge in [-0.2, -0.15) is 0 Å². The van der Waals surface area contributed by atoms with Crippen LogP contribution < -0.4 is 4.72 Å². The Hall–Kier alpha value is -0.500. The van der Waals surface area contributed by atoms with Gasteiger partial charge in [0.2, 0.25) is 10.0 Å². The van der Waals surface area contributed by atoms with E-state index in [1.165, 1.54) is 6.07 Å². The van der Waals surface area contributed by atoms with Gasteiger partial charge in [0.15, 0.2) is 0 Å². The number of nitrogens with one attached hydrogen (secondary N) is 1. The highest BCUT2D eigenvalue weighted by molar-refractivity contribution is 9.10. The Morgan fingerprint density at radius 1 is 1.26 bits per heavy atom. The molecule has 7 heteroatoms. The van der Waals surface area contributed by atoms with Crippen LogP contribution >= 0.6 is 15.9 Å². The van der Waals surface area contributed by atoms with Crippen LogP contribution in [0.3, 0.4) is 0 Å². The molecular weight excluding hydrogens is 337 g/mol. The fourth-order valence-electron chi connectivity index (χ4n) is 2.17. The second-order valence-electron chi connectivity index (χ2n) is 4.70. The summed E-state index contributed by atoms with van der Waals surface area (Å²) in [5, 5.41) is 9.39. The lowest BCUT2D eigenvalue weighted by Gasteiger charge is -2.26. The largest absolute Gasteiger partial charge is 0.393 e. The number of benzene rings is 1. The predicted octanol–water partition coefficient (Wildman–Crippen LogP) is 2.17. The molecule has 0 amide bonds. The third-order valence-corrected chi connectivity index (χ3v) is 5.70. The highest BCUT2D eigenvalue weighted by Gasteiger charge is 2.26. The first-order chi connectivity index (χ1) is 8.88. The van der Waals surface area contributed by atoms with Crippen molar-refractivity contribution in [2.24, 2.45) is 0 Å². The summed E-state index contributed by atoms with van der Waals surface area (Å²) in [5.74, 6) is -0.494. The molecule has 1 saturated carbocycles. The van der Waals surface area contributed by atoms with Gasteiger partial charge in [-0.15, -0.1) is 0 Å². The second-order valence-corrected chi connectivity index (χ2v) is 7.24. The molecule has 1 aliphatic carbocycles. The zero-order valence-electron chi connectivity index (χ0n) is 10.1. The average molecular weight is 352 g/mol. The number of hydrogen-bond acceptors (Lipinski definition) is 3. The molecule has 1 fully saturated rings. The molecule has 1 aliphatic rings. The van der Waals surface area contributed by atoms with E-state index in [1.54, 1.807) is 0 Å². The van der Waals surface area contributed by atoms with Crippen LogP contribution in [-0.4, -0.2) is 25.7 Å². The summed E-state index contributed by atoms with van der Waals surface area (Å²) in [6.45, 7) is 0. The summed E-state index contributed by atoms with van der Waals surface area (Å²) in [7, 11) is -3.67. The lowest BCUT2D eigenvalue weighted by Crippen LogP contribution is -2.38. The summed E-state index contributed by atoms with van der Waals surface area (Å²) in [6, 6.07) is 3.30. The summed E-state index contributed by atoms with van der Waals surface area (Å²) in [6.07, 6.45) is 2.08. The van der Waals surface area contributed by atoms with E-state index in [1.807, 2.05) is 0 Å². The summed E-state index contributed by atoms with van der Waals surface area (Å²) >= 11 is 3.06. The molecule has 4 nitrogen and oxygen atoms in total.